The van der Waals surface area contributed by atoms with Crippen LogP contribution in [-0.2, 0) is 6.54 Å². The molecule has 0 bridgehead atoms. The number of nitrogens with zero attached hydrogens (tertiary/aromatic N) is 1. The summed E-state index contributed by atoms with van der Waals surface area (Å²) >= 11 is 6.46. The predicted octanol–water partition coefficient (Wildman–Crippen LogP) is 4.09. The Morgan fingerprint density at radius 3 is 2.59 bits per heavy atom. The van der Waals surface area contributed by atoms with Gasteiger partial charge in [-0.2, -0.15) is 0 Å². The van der Waals surface area contributed by atoms with E-state index in [0.717, 1.165) is 24.7 Å². The van der Waals surface area contributed by atoms with E-state index in [1.54, 1.807) is 0 Å². The molecule has 0 spiro atoms. The quantitative estimate of drug-likeness (QED) is 0.559. The molecule has 1 aliphatic rings. The van der Waals surface area contributed by atoms with Gasteiger partial charge in [0.05, 0.1) is 4.47 Å². The van der Waals surface area contributed by atoms with Crippen molar-refractivity contribution in [3.05, 3.63) is 33.8 Å². The van der Waals surface area contributed by atoms with Crippen molar-refractivity contribution in [3.8, 4) is 0 Å². The summed E-state index contributed by atoms with van der Waals surface area (Å²) in [6, 6.07) is 3.20. The molecule has 17 heavy (non-hydrogen) atoms. The fraction of sp³-hybridized carbons (Fsp3) is 0.500. The Hall–Kier alpha value is -0.000000000000000111. The Bertz CT molecular complexity index is 408. The first kappa shape index (κ1) is 13.4. The van der Waals surface area contributed by atoms with Crippen LogP contribution in [0.5, 0.6) is 0 Å². The minimum Gasteiger partial charge on any atom is -0.295 e. The third-order valence-corrected chi connectivity index (χ3v) is 3.90. The molecule has 0 amide bonds. The fourth-order valence-electron chi connectivity index (χ4n) is 1.86. The van der Waals surface area contributed by atoms with E-state index in [1.165, 1.54) is 12.1 Å². The van der Waals surface area contributed by atoms with Crippen LogP contribution in [0.1, 0.15) is 18.4 Å². The van der Waals surface area contributed by atoms with Crippen LogP contribution < -0.4 is 0 Å². The number of hydrogen-bond donors (Lipinski definition) is 0. The van der Waals surface area contributed by atoms with Gasteiger partial charge >= 0.3 is 0 Å². The van der Waals surface area contributed by atoms with E-state index in [0.29, 0.717) is 17.1 Å². The molecule has 0 radical (unpaired) electrons. The van der Waals surface area contributed by atoms with Crippen molar-refractivity contribution < 1.29 is 8.78 Å². The highest BCUT2D eigenvalue weighted by atomic mass is 79.9. The van der Waals surface area contributed by atoms with Crippen LogP contribution in [0.2, 0.25) is 0 Å². The van der Waals surface area contributed by atoms with E-state index in [-0.39, 0.29) is 5.56 Å². The van der Waals surface area contributed by atoms with Gasteiger partial charge in [-0.05, 0) is 40.9 Å². The topological polar surface area (TPSA) is 3.24 Å². The summed E-state index contributed by atoms with van der Waals surface area (Å²) in [6.45, 7) is 1.16. The van der Waals surface area contributed by atoms with Gasteiger partial charge in [0.15, 0.2) is 0 Å². The van der Waals surface area contributed by atoms with Crippen LogP contribution in [0.25, 0.3) is 0 Å². The lowest BCUT2D eigenvalue weighted by molar-refractivity contribution is 0.263. The van der Waals surface area contributed by atoms with Gasteiger partial charge in [-0.1, -0.05) is 15.9 Å². The lowest BCUT2D eigenvalue weighted by atomic mass is 10.2. The Morgan fingerprint density at radius 1 is 1.29 bits per heavy atom. The summed E-state index contributed by atoms with van der Waals surface area (Å²) in [6.07, 6.45) is 2.26. The maximum absolute atomic E-state index is 13.8. The summed E-state index contributed by atoms with van der Waals surface area (Å²) in [7, 11) is 0. The summed E-state index contributed by atoms with van der Waals surface area (Å²) in [4.78, 5) is 2.13. The Kier molecular flexibility index (Phi) is 4.55. The first-order valence-electron chi connectivity index (χ1n) is 5.56. The van der Waals surface area contributed by atoms with Crippen molar-refractivity contribution in [2.45, 2.75) is 25.4 Å². The zero-order valence-corrected chi connectivity index (χ0v) is 12.4. The molecule has 0 unspecified atom stereocenters. The average Bonchev–Trinajstić information content (AvgIpc) is 3.12. The Balaban J connectivity index is 2.18. The predicted molar refractivity (Wildman–Crippen MR) is 71.3 cm³/mol. The minimum absolute atomic E-state index is 0.159. The lowest BCUT2D eigenvalue weighted by Crippen LogP contribution is -2.28. The van der Waals surface area contributed by atoms with E-state index >= 15 is 0 Å². The molecule has 5 heteroatoms. The van der Waals surface area contributed by atoms with Crippen LogP contribution in [0.15, 0.2) is 16.6 Å². The second-order valence-electron chi connectivity index (χ2n) is 4.21. The molecule has 1 fully saturated rings. The SMILES string of the molecule is Fc1ccc(Br)c(F)c1CN(CCBr)C1CC1. The van der Waals surface area contributed by atoms with Gasteiger partial charge in [0.25, 0.3) is 0 Å². The van der Waals surface area contributed by atoms with Gasteiger partial charge < -0.3 is 0 Å². The van der Waals surface area contributed by atoms with Crippen LogP contribution in [0.4, 0.5) is 8.78 Å². The lowest BCUT2D eigenvalue weighted by Gasteiger charge is -2.21. The number of alkyl halides is 1. The molecule has 1 saturated carbocycles. The van der Waals surface area contributed by atoms with Crippen LogP contribution in [0.3, 0.4) is 0 Å². The Morgan fingerprint density at radius 2 is 2.00 bits per heavy atom. The molecule has 1 aliphatic carbocycles. The zero-order chi connectivity index (χ0) is 12.4. The van der Waals surface area contributed by atoms with Gasteiger partial charge in [-0.25, -0.2) is 8.78 Å². The van der Waals surface area contributed by atoms with Crippen molar-refractivity contribution in [1.82, 2.24) is 4.90 Å². The fourth-order valence-corrected chi connectivity index (χ4v) is 2.68. The van der Waals surface area contributed by atoms with Gasteiger partial charge in [0, 0.05) is 30.0 Å². The van der Waals surface area contributed by atoms with Crippen molar-refractivity contribution in [1.29, 1.82) is 0 Å². The van der Waals surface area contributed by atoms with E-state index in [1.807, 2.05) is 0 Å². The van der Waals surface area contributed by atoms with E-state index < -0.39 is 11.6 Å². The third kappa shape index (κ3) is 3.26. The standard InChI is InChI=1S/C12H13Br2F2N/c13-5-6-17(8-1-2-8)7-9-11(15)4-3-10(14)12(9)16/h3-4,8H,1-2,5-7H2. The first-order valence-corrected chi connectivity index (χ1v) is 7.47. The van der Waals surface area contributed by atoms with Crippen LogP contribution in [-0.4, -0.2) is 22.8 Å². The highest BCUT2D eigenvalue weighted by Gasteiger charge is 2.29. The molecule has 0 aromatic heterocycles. The van der Waals surface area contributed by atoms with Crippen molar-refractivity contribution in [2.75, 3.05) is 11.9 Å². The molecule has 0 heterocycles. The summed E-state index contributed by atoms with van der Waals surface area (Å²) in [5, 5.41) is 0.820. The first-order chi connectivity index (χ1) is 8.13. The third-order valence-electron chi connectivity index (χ3n) is 2.94. The number of benzene rings is 1. The summed E-state index contributed by atoms with van der Waals surface area (Å²) in [5.74, 6) is -0.948. The van der Waals surface area contributed by atoms with E-state index in [9.17, 15) is 8.78 Å². The van der Waals surface area contributed by atoms with Gasteiger partial charge in [-0.3, -0.25) is 4.90 Å². The van der Waals surface area contributed by atoms with Gasteiger partial charge in [0.1, 0.15) is 11.6 Å². The number of hydrogen-bond acceptors (Lipinski definition) is 1. The van der Waals surface area contributed by atoms with Crippen LogP contribution in [0, 0.1) is 11.6 Å². The molecule has 2 rings (SSSR count). The second-order valence-corrected chi connectivity index (χ2v) is 5.86. The minimum atomic E-state index is -0.481. The molecule has 94 valence electrons. The van der Waals surface area contributed by atoms with Gasteiger partial charge in [0.2, 0.25) is 0 Å². The molecule has 0 aliphatic heterocycles. The van der Waals surface area contributed by atoms with E-state index in [4.69, 9.17) is 0 Å². The van der Waals surface area contributed by atoms with Crippen molar-refractivity contribution in [3.63, 3.8) is 0 Å². The molecule has 1 aromatic carbocycles. The molecule has 0 N–H and O–H groups in total. The maximum atomic E-state index is 13.8. The smallest absolute Gasteiger partial charge is 0.144 e. The molecular formula is C12H13Br2F2N. The Labute approximate surface area is 116 Å². The number of rotatable bonds is 5. The summed E-state index contributed by atoms with van der Waals surface area (Å²) in [5.41, 5.74) is 0.159. The molecular weight excluding hydrogens is 356 g/mol. The number of halogens is 4. The van der Waals surface area contributed by atoms with Crippen molar-refractivity contribution >= 4 is 31.9 Å². The highest BCUT2D eigenvalue weighted by molar-refractivity contribution is 9.10. The largest absolute Gasteiger partial charge is 0.295 e. The van der Waals surface area contributed by atoms with E-state index in [2.05, 4.69) is 36.8 Å². The molecule has 0 saturated heterocycles. The second kappa shape index (κ2) is 5.76. The molecule has 1 nitrogen and oxygen atoms in total. The van der Waals surface area contributed by atoms with Crippen LogP contribution >= 0.6 is 31.9 Å². The zero-order valence-electron chi connectivity index (χ0n) is 9.23. The normalized spacial score (nSPS) is 15.6. The molecule has 1 aromatic rings. The highest BCUT2D eigenvalue weighted by Crippen LogP contribution is 2.30. The summed E-state index contributed by atoms with van der Waals surface area (Å²) < 4.78 is 27.8. The maximum Gasteiger partial charge on any atom is 0.144 e. The molecule has 0 atom stereocenters. The monoisotopic (exact) mass is 367 g/mol. The average molecular weight is 369 g/mol. The van der Waals surface area contributed by atoms with Crippen molar-refractivity contribution in [2.24, 2.45) is 0 Å². The van der Waals surface area contributed by atoms with Gasteiger partial charge in [-0.15, -0.1) is 0 Å².